The molecule has 0 aliphatic heterocycles. The van der Waals surface area contributed by atoms with Crippen LogP contribution in [0.3, 0.4) is 0 Å². The lowest BCUT2D eigenvalue weighted by Gasteiger charge is -2.30. The Bertz CT molecular complexity index is 323. The van der Waals surface area contributed by atoms with Crippen LogP contribution in [0.2, 0.25) is 0 Å². The summed E-state index contributed by atoms with van der Waals surface area (Å²) in [7, 11) is 0. The van der Waals surface area contributed by atoms with E-state index in [1.807, 2.05) is 24.3 Å². The highest BCUT2D eigenvalue weighted by Gasteiger charge is 2.15. The molecule has 1 atom stereocenters. The van der Waals surface area contributed by atoms with E-state index in [2.05, 4.69) is 18.7 Å². The summed E-state index contributed by atoms with van der Waals surface area (Å²) in [4.78, 5) is 2.10. The van der Waals surface area contributed by atoms with Crippen molar-refractivity contribution in [1.29, 1.82) is 0 Å². The molecule has 1 unspecified atom stereocenters. The monoisotopic (exact) mass is 223 g/mol. The first kappa shape index (κ1) is 13.0. The number of aliphatic hydroxyl groups excluding tert-OH is 2. The molecule has 2 N–H and O–H groups in total. The van der Waals surface area contributed by atoms with E-state index in [4.69, 9.17) is 5.11 Å². The maximum absolute atomic E-state index is 9.71. The smallest absolute Gasteiger partial charge is 0.0781 e. The van der Waals surface area contributed by atoms with Gasteiger partial charge in [0.2, 0.25) is 0 Å². The Labute approximate surface area is 97.3 Å². The van der Waals surface area contributed by atoms with Crippen LogP contribution in [0, 0.1) is 0 Å². The molecule has 0 aromatic heterocycles. The number of nitrogens with zero attached hydrogens (tertiary/aromatic N) is 1. The quantitative estimate of drug-likeness (QED) is 0.802. The molecule has 0 saturated carbocycles. The normalized spacial score (nSPS) is 12.9. The van der Waals surface area contributed by atoms with Gasteiger partial charge >= 0.3 is 0 Å². The van der Waals surface area contributed by atoms with Gasteiger partial charge in [0.05, 0.1) is 12.7 Å². The Morgan fingerprint density at radius 1 is 1.19 bits per heavy atom. The van der Waals surface area contributed by atoms with E-state index in [1.54, 1.807) is 6.92 Å². The topological polar surface area (TPSA) is 43.7 Å². The lowest BCUT2D eigenvalue weighted by Crippen LogP contribution is -2.34. The molecule has 1 aromatic rings. The van der Waals surface area contributed by atoms with Gasteiger partial charge in [-0.15, -0.1) is 0 Å². The minimum Gasteiger partial charge on any atom is -0.395 e. The largest absolute Gasteiger partial charge is 0.395 e. The van der Waals surface area contributed by atoms with Crippen LogP contribution in [-0.4, -0.2) is 29.4 Å². The van der Waals surface area contributed by atoms with Crippen LogP contribution in [0.25, 0.3) is 0 Å². The van der Waals surface area contributed by atoms with Gasteiger partial charge in [0, 0.05) is 23.8 Å². The van der Waals surface area contributed by atoms with E-state index in [0.717, 1.165) is 11.3 Å². The molecule has 0 spiro atoms. The van der Waals surface area contributed by atoms with Crippen molar-refractivity contribution in [3.05, 3.63) is 29.8 Å². The number of rotatable bonds is 5. The zero-order valence-electron chi connectivity index (χ0n) is 10.2. The summed E-state index contributed by atoms with van der Waals surface area (Å²) >= 11 is 0. The molecular weight excluding hydrogens is 202 g/mol. The Hall–Kier alpha value is -1.06. The molecule has 0 aliphatic carbocycles. The van der Waals surface area contributed by atoms with Crippen LogP contribution >= 0.6 is 0 Å². The average molecular weight is 223 g/mol. The molecule has 16 heavy (non-hydrogen) atoms. The standard InChI is InChI=1S/C13H21NO2/c1-10(2)14(8-9-15)13-7-5-4-6-12(13)11(3)16/h4-7,10-11,15-16H,8-9H2,1-3H3. The molecule has 90 valence electrons. The summed E-state index contributed by atoms with van der Waals surface area (Å²) in [5.74, 6) is 0. The van der Waals surface area contributed by atoms with Crippen molar-refractivity contribution >= 4 is 5.69 Å². The van der Waals surface area contributed by atoms with E-state index in [1.165, 1.54) is 0 Å². The maximum Gasteiger partial charge on any atom is 0.0781 e. The van der Waals surface area contributed by atoms with Gasteiger partial charge in [-0.2, -0.15) is 0 Å². The first-order valence-corrected chi connectivity index (χ1v) is 5.72. The molecule has 0 heterocycles. The lowest BCUT2D eigenvalue weighted by molar-refractivity contribution is 0.199. The second-order valence-corrected chi connectivity index (χ2v) is 4.25. The maximum atomic E-state index is 9.71. The molecule has 0 aliphatic rings. The van der Waals surface area contributed by atoms with Gasteiger partial charge < -0.3 is 15.1 Å². The zero-order valence-corrected chi connectivity index (χ0v) is 10.2. The second-order valence-electron chi connectivity index (χ2n) is 4.25. The number of aliphatic hydroxyl groups is 2. The highest BCUT2D eigenvalue weighted by molar-refractivity contribution is 5.55. The number of anilines is 1. The van der Waals surface area contributed by atoms with Gasteiger partial charge in [0.15, 0.2) is 0 Å². The van der Waals surface area contributed by atoms with E-state index >= 15 is 0 Å². The Kier molecular flexibility index (Phi) is 4.77. The SMILES string of the molecule is CC(O)c1ccccc1N(CCO)C(C)C. The molecule has 3 nitrogen and oxygen atoms in total. The Morgan fingerprint density at radius 2 is 1.81 bits per heavy atom. The van der Waals surface area contributed by atoms with E-state index < -0.39 is 6.10 Å². The van der Waals surface area contributed by atoms with Crippen LogP contribution in [0.4, 0.5) is 5.69 Å². The van der Waals surface area contributed by atoms with Crippen molar-refractivity contribution in [2.45, 2.75) is 32.9 Å². The van der Waals surface area contributed by atoms with Gasteiger partial charge in [0.25, 0.3) is 0 Å². The van der Waals surface area contributed by atoms with Gasteiger partial charge in [-0.3, -0.25) is 0 Å². The molecule has 0 bridgehead atoms. The van der Waals surface area contributed by atoms with Crippen LogP contribution in [0.1, 0.15) is 32.4 Å². The summed E-state index contributed by atoms with van der Waals surface area (Å²) in [5, 5.41) is 18.8. The van der Waals surface area contributed by atoms with Crippen LogP contribution < -0.4 is 4.90 Å². The molecule has 3 heteroatoms. The predicted octanol–water partition coefficient (Wildman–Crippen LogP) is 1.95. The predicted molar refractivity (Wildman–Crippen MR) is 66.6 cm³/mol. The van der Waals surface area contributed by atoms with Crippen LogP contribution in [0.5, 0.6) is 0 Å². The number of para-hydroxylation sites is 1. The van der Waals surface area contributed by atoms with E-state index in [0.29, 0.717) is 12.6 Å². The van der Waals surface area contributed by atoms with Crippen molar-refractivity contribution < 1.29 is 10.2 Å². The minimum atomic E-state index is -0.490. The summed E-state index contributed by atoms with van der Waals surface area (Å²) in [5.41, 5.74) is 1.91. The van der Waals surface area contributed by atoms with Crippen molar-refractivity contribution in [3.63, 3.8) is 0 Å². The second kappa shape index (κ2) is 5.87. The van der Waals surface area contributed by atoms with Gasteiger partial charge in [0.1, 0.15) is 0 Å². The van der Waals surface area contributed by atoms with Crippen molar-refractivity contribution in [2.24, 2.45) is 0 Å². The Morgan fingerprint density at radius 3 is 2.31 bits per heavy atom. The third-order valence-electron chi connectivity index (χ3n) is 2.66. The molecule has 1 aromatic carbocycles. The fraction of sp³-hybridized carbons (Fsp3) is 0.538. The molecular formula is C13H21NO2. The first-order chi connectivity index (χ1) is 7.57. The zero-order chi connectivity index (χ0) is 12.1. The van der Waals surface area contributed by atoms with Crippen LogP contribution in [-0.2, 0) is 0 Å². The lowest BCUT2D eigenvalue weighted by atomic mass is 10.1. The van der Waals surface area contributed by atoms with Gasteiger partial charge in [-0.05, 0) is 26.8 Å². The van der Waals surface area contributed by atoms with Crippen LogP contribution in [0.15, 0.2) is 24.3 Å². The van der Waals surface area contributed by atoms with Crippen molar-refractivity contribution in [1.82, 2.24) is 0 Å². The fourth-order valence-electron chi connectivity index (χ4n) is 1.87. The van der Waals surface area contributed by atoms with Crippen molar-refractivity contribution in [3.8, 4) is 0 Å². The summed E-state index contributed by atoms with van der Waals surface area (Å²) in [6, 6.07) is 8.08. The fourth-order valence-corrected chi connectivity index (χ4v) is 1.87. The molecule has 0 saturated heterocycles. The molecule has 0 radical (unpaired) electrons. The highest BCUT2D eigenvalue weighted by Crippen LogP contribution is 2.27. The summed E-state index contributed by atoms with van der Waals surface area (Å²) < 4.78 is 0. The first-order valence-electron chi connectivity index (χ1n) is 5.72. The number of hydrogen-bond donors (Lipinski definition) is 2. The summed E-state index contributed by atoms with van der Waals surface area (Å²) in [6.07, 6.45) is -0.490. The van der Waals surface area contributed by atoms with Gasteiger partial charge in [-0.25, -0.2) is 0 Å². The summed E-state index contributed by atoms with van der Waals surface area (Å²) in [6.45, 7) is 6.62. The van der Waals surface area contributed by atoms with E-state index in [9.17, 15) is 5.11 Å². The van der Waals surface area contributed by atoms with Gasteiger partial charge in [-0.1, -0.05) is 18.2 Å². The Balaban J connectivity index is 3.07. The number of benzene rings is 1. The minimum absolute atomic E-state index is 0.117. The molecule has 1 rings (SSSR count). The third kappa shape index (κ3) is 2.97. The highest BCUT2D eigenvalue weighted by atomic mass is 16.3. The van der Waals surface area contributed by atoms with Crippen molar-refractivity contribution in [2.75, 3.05) is 18.1 Å². The third-order valence-corrected chi connectivity index (χ3v) is 2.66. The average Bonchev–Trinajstić information content (AvgIpc) is 2.25. The molecule has 0 fully saturated rings. The molecule has 0 amide bonds. The number of hydrogen-bond acceptors (Lipinski definition) is 3. The van der Waals surface area contributed by atoms with E-state index in [-0.39, 0.29) is 6.61 Å².